The molecule has 0 atom stereocenters. The molecule has 0 spiro atoms. The Balaban J connectivity index is 2.33. The van der Waals surface area contributed by atoms with Gasteiger partial charge in [0.05, 0.1) is 13.4 Å². The van der Waals surface area contributed by atoms with Gasteiger partial charge in [-0.2, -0.15) is 0 Å². The Morgan fingerprint density at radius 2 is 1.93 bits per heavy atom. The summed E-state index contributed by atoms with van der Waals surface area (Å²) in [6.07, 6.45) is 3.51. The highest BCUT2D eigenvalue weighted by molar-refractivity contribution is 5.75. The van der Waals surface area contributed by atoms with Crippen molar-refractivity contribution in [2.24, 2.45) is 0 Å². The normalized spacial score (nSPS) is 11.4. The molecule has 76 valence electrons. The summed E-state index contributed by atoms with van der Waals surface area (Å²) in [6.45, 7) is 0. The maximum atomic E-state index is 5.31. The summed E-state index contributed by atoms with van der Waals surface area (Å²) in [4.78, 5) is 0. The van der Waals surface area contributed by atoms with Gasteiger partial charge in [0.2, 0.25) is 0 Å². The molecule has 0 unspecified atom stereocenters. The molecule has 0 N–H and O–H groups in total. The summed E-state index contributed by atoms with van der Waals surface area (Å²) in [7, 11) is 1.65. The molecule has 1 heterocycles. The van der Waals surface area contributed by atoms with Gasteiger partial charge >= 0.3 is 0 Å². The van der Waals surface area contributed by atoms with Crippen LogP contribution in [0.3, 0.4) is 0 Å². The third-order valence-corrected chi connectivity index (χ3v) is 2.09. The van der Waals surface area contributed by atoms with Crippen LogP contribution in [0.15, 0.2) is 53.1 Å². The first-order chi connectivity index (χ1) is 7.40. The molecule has 2 aromatic rings. The highest BCUT2D eigenvalue weighted by Gasteiger charge is 2.01. The van der Waals surface area contributed by atoms with Gasteiger partial charge in [0.25, 0.3) is 0 Å². The first-order valence-corrected chi connectivity index (χ1v) is 4.75. The summed E-state index contributed by atoms with van der Waals surface area (Å²) in [5.41, 5.74) is 1.04. The number of hydrogen-bond donors (Lipinski definition) is 0. The van der Waals surface area contributed by atoms with E-state index in [1.54, 1.807) is 13.4 Å². The van der Waals surface area contributed by atoms with Crippen molar-refractivity contribution in [3.05, 3.63) is 60.1 Å². The van der Waals surface area contributed by atoms with Crippen LogP contribution in [-0.4, -0.2) is 7.11 Å². The van der Waals surface area contributed by atoms with Crippen molar-refractivity contribution in [3.8, 4) is 0 Å². The molecule has 2 rings (SSSR count). The van der Waals surface area contributed by atoms with Crippen molar-refractivity contribution in [1.29, 1.82) is 0 Å². The summed E-state index contributed by atoms with van der Waals surface area (Å²) < 4.78 is 10.5. The lowest BCUT2D eigenvalue weighted by Crippen LogP contribution is -1.86. The second-order valence-corrected chi connectivity index (χ2v) is 3.09. The van der Waals surface area contributed by atoms with Crippen molar-refractivity contribution < 1.29 is 9.15 Å². The van der Waals surface area contributed by atoms with Crippen LogP contribution in [0.5, 0.6) is 0 Å². The lowest BCUT2D eigenvalue weighted by atomic mass is 10.1. The van der Waals surface area contributed by atoms with Crippen LogP contribution in [0.4, 0.5) is 0 Å². The molecular weight excluding hydrogens is 188 g/mol. The van der Waals surface area contributed by atoms with Crippen molar-refractivity contribution in [2.75, 3.05) is 7.11 Å². The predicted molar refractivity (Wildman–Crippen MR) is 60.0 cm³/mol. The Morgan fingerprint density at radius 1 is 1.13 bits per heavy atom. The smallest absolute Gasteiger partial charge is 0.130 e. The molecule has 2 heteroatoms. The average molecular weight is 200 g/mol. The maximum absolute atomic E-state index is 5.31. The van der Waals surface area contributed by atoms with E-state index in [1.807, 2.05) is 48.5 Å². The summed E-state index contributed by atoms with van der Waals surface area (Å²) >= 11 is 0. The molecule has 1 aromatic heterocycles. The fraction of sp³-hybridized carbons (Fsp3) is 0.0769. The Kier molecular flexibility index (Phi) is 2.88. The lowest BCUT2D eigenvalue weighted by Gasteiger charge is -2.04. The van der Waals surface area contributed by atoms with Gasteiger partial charge in [-0.25, -0.2) is 0 Å². The van der Waals surface area contributed by atoms with E-state index in [0.717, 1.165) is 17.1 Å². The van der Waals surface area contributed by atoms with Crippen molar-refractivity contribution in [3.63, 3.8) is 0 Å². The zero-order valence-corrected chi connectivity index (χ0v) is 8.51. The van der Waals surface area contributed by atoms with Crippen molar-refractivity contribution >= 4 is 11.8 Å². The zero-order chi connectivity index (χ0) is 10.5. The molecule has 0 aliphatic heterocycles. The topological polar surface area (TPSA) is 22.4 Å². The Morgan fingerprint density at radius 3 is 2.53 bits per heavy atom. The average Bonchev–Trinajstić information content (AvgIpc) is 2.80. The number of hydrogen-bond acceptors (Lipinski definition) is 2. The molecule has 0 saturated heterocycles. The predicted octanol–water partition coefficient (Wildman–Crippen LogP) is 3.42. The van der Waals surface area contributed by atoms with Crippen LogP contribution in [0.2, 0.25) is 0 Å². The van der Waals surface area contributed by atoms with Crippen molar-refractivity contribution in [2.45, 2.75) is 0 Å². The second kappa shape index (κ2) is 4.51. The van der Waals surface area contributed by atoms with Gasteiger partial charge in [-0.3, -0.25) is 0 Å². The molecule has 0 fully saturated rings. The van der Waals surface area contributed by atoms with Gasteiger partial charge in [-0.15, -0.1) is 0 Å². The standard InChI is InChI=1S/C13H12O2/c1-14-13(10-12-8-5-9-15-12)11-6-3-2-4-7-11/h2-10H,1H3/b13-10+. The molecule has 0 saturated carbocycles. The molecule has 0 radical (unpaired) electrons. The van der Waals surface area contributed by atoms with Gasteiger partial charge in [0.15, 0.2) is 0 Å². The van der Waals surface area contributed by atoms with Gasteiger partial charge in [0.1, 0.15) is 11.5 Å². The number of rotatable bonds is 3. The maximum Gasteiger partial charge on any atom is 0.130 e. The van der Waals surface area contributed by atoms with Crippen LogP contribution >= 0.6 is 0 Å². The van der Waals surface area contributed by atoms with Crippen LogP contribution in [-0.2, 0) is 4.74 Å². The quantitative estimate of drug-likeness (QED) is 0.708. The molecule has 0 aliphatic rings. The summed E-state index contributed by atoms with van der Waals surface area (Å²) in [5.74, 6) is 1.58. The summed E-state index contributed by atoms with van der Waals surface area (Å²) in [5, 5.41) is 0. The highest BCUT2D eigenvalue weighted by atomic mass is 16.5. The van der Waals surface area contributed by atoms with E-state index < -0.39 is 0 Å². The SMILES string of the molecule is CO/C(=C/c1ccco1)c1ccccc1. The molecule has 0 aliphatic carbocycles. The molecule has 2 nitrogen and oxygen atoms in total. The van der Waals surface area contributed by atoms with E-state index in [2.05, 4.69) is 0 Å². The third-order valence-electron chi connectivity index (χ3n) is 2.09. The van der Waals surface area contributed by atoms with E-state index in [-0.39, 0.29) is 0 Å². The van der Waals surface area contributed by atoms with Crippen LogP contribution in [0.1, 0.15) is 11.3 Å². The fourth-order valence-corrected chi connectivity index (χ4v) is 1.37. The minimum Gasteiger partial charge on any atom is -0.496 e. The van der Waals surface area contributed by atoms with Crippen LogP contribution in [0, 0.1) is 0 Å². The number of methoxy groups -OCH3 is 1. The van der Waals surface area contributed by atoms with Gasteiger partial charge in [0, 0.05) is 11.6 Å². The van der Waals surface area contributed by atoms with E-state index in [0.29, 0.717) is 0 Å². The number of ether oxygens (including phenoxy) is 1. The fourth-order valence-electron chi connectivity index (χ4n) is 1.37. The summed E-state index contributed by atoms with van der Waals surface area (Å²) in [6, 6.07) is 13.7. The minimum atomic E-state index is 0.788. The lowest BCUT2D eigenvalue weighted by molar-refractivity contribution is 0.372. The van der Waals surface area contributed by atoms with E-state index in [4.69, 9.17) is 9.15 Å². The largest absolute Gasteiger partial charge is 0.496 e. The van der Waals surface area contributed by atoms with Gasteiger partial charge in [-0.1, -0.05) is 30.3 Å². The van der Waals surface area contributed by atoms with Gasteiger partial charge < -0.3 is 9.15 Å². The number of benzene rings is 1. The minimum absolute atomic E-state index is 0.788. The van der Waals surface area contributed by atoms with Crippen molar-refractivity contribution in [1.82, 2.24) is 0 Å². The van der Waals surface area contributed by atoms with E-state index >= 15 is 0 Å². The van der Waals surface area contributed by atoms with Crippen LogP contribution in [0.25, 0.3) is 11.8 Å². The molecule has 15 heavy (non-hydrogen) atoms. The Bertz CT molecular complexity index is 427. The molecule has 1 aromatic carbocycles. The molecular formula is C13H12O2. The Hall–Kier alpha value is -1.96. The second-order valence-electron chi connectivity index (χ2n) is 3.09. The van der Waals surface area contributed by atoms with E-state index in [1.165, 1.54) is 0 Å². The number of furan rings is 1. The molecule has 0 bridgehead atoms. The third kappa shape index (κ3) is 2.29. The van der Waals surface area contributed by atoms with Crippen LogP contribution < -0.4 is 0 Å². The first kappa shape index (κ1) is 9.59. The van der Waals surface area contributed by atoms with E-state index in [9.17, 15) is 0 Å². The monoisotopic (exact) mass is 200 g/mol. The Labute approximate surface area is 88.8 Å². The van der Waals surface area contributed by atoms with Gasteiger partial charge in [-0.05, 0) is 12.1 Å². The first-order valence-electron chi connectivity index (χ1n) is 4.75. The highest BCUT2D eigenvalue weighted by Crippen LogP contribution is 2.18. The zero-order valence-electron chi connectivity index (χ0n) is 8.51. The molecule has 0 amide bonds.